The van der Waals surface area contributed by atoms with Crippen molar-refractivity contribution in [1.29, 1.82) is 0 Å². The Morgan fingerprint density at radius 3 is 2.59 bits per heavy atom. The van der Waals surface area contributed by atoms with Crippen molar-refractivity contribution >= 4 is 51.5 Å². The van der Waals surface area contributed by atoms with Gasteiger partial charge in [0.15, 0.2) is 11.2 Å². The SMILES string of the molecule is CN(Cc1ccccc1NC1CCC(=O)NC1=O)C1CCN(c2ccc(-c3cc(F)c4c(c3)C(=O)N(C(C(=O)Nc3nccs3)c3ncn5c3CCC5)C4)cc2)CC1. The summed E-state index contributed by atoms with van der Waals surface area (Å²) in [6.45, 7) is 3.23. The summed E-state index contributed by atoms with van der Waals surface area (Å²) in [5.41, 5.74) is 6.43. The second kappa shape index (κ2) is 15.8. The predicted octanol–water partition coefficient (Wildman–Crippen LogP) is 5.75. The summed E-state index contributed by atoms with van der Waals surface area (Å²) in [6.07, 6.45) is 7.73. The van der Waals surface area contributed by atoms with Gasteiger partial charge in [-0.2, -0.15) is 0 Å². The topological polar surface area (TPSA) is 145 Å². The number of anilines is 3. The number of hydrogen-bond donors (Lipinski definition) is 3. The van der Waals surface area contributed by atoms with Gasteiger partial charge in [0.2, 0.25) is 11.8 Å². The third-order valence-corrected chi connectivity index (χ3v) is 12.6. The maximum atomic E-state index is 15.9. The number of carbonyl (C=O) groups excluding carboxylic acids is 4. The molecule has 58 heavy (non-hydrogen) atoms. The van der Waals surface area contributed by atoms with Crippen molar-refractivity contribution in [3.05, 3.63) is 112 Å². The highest BCUT2D eigenvalue weighted by molar-refractivity contribution is 7.13. The Hall–Kier alpha value is -5.93. The zero-order chi connectivity index (χ0) is 39.9. The molecule has 3 aromatic carbocycles. The lowest BCUT2D eigenvalue weighted by Crippen LogP contribution is -2.47. The molecule has 15 heteroatoms. The normalized spacial score (nSPS) is 18.7. The number of amides is 4. The molecule has 2 fully saturated rings. The van der Waals surface area contributed by atoms with Crippen molar-refractivity contribution < 1.29 is 23.6 Å². The Labute approximate surface area is 339 Å². The van der Waals surface area contributed by atoms with Gasteiger partial charge in [-0.3, -0.25) is 34.7 Å². The molecule has 3 N–H and O–H groups in total. The molecule has 6 heterocycles. The lowest BCUT2D eigenvalue weighted by Gasteiger charge is -2.38. The quantitative estimate of drug-likeness (QED) is 0.142. The van der Waals surface area contributed by atoms with Crippen LogP contribution in [-0.4, -0.2) is 80.2 Å². The molecule has 2 aromatic heterocycles. The van der Waals surface area contributed by atoms with Crippen LogP contribution >= 0.6 is 11.3 Å². The Morgan fingerprint density at radius 1 is 1.00 bits per heavy atom. The minimum Gasteiger partial charge on any atom is -0.373 e. The Morgan fingerprint density at radius 2 is 1.81 bits per heavy atom. The highest BCUT2D eigenvalue weighted by Crippen LogP contribution is 2.38. The third kappa shape index (κ3) is 7.35. The van der Waals surface area contributed by atoms with Crippen LogP contribution in [-0.2, 0) is 40.4 Å². The van der Waals surface area contributed by atoms with Crippen LogP contribution in [0.1, 0.15) is 71.0 Å². The van der Waals surface area contributed by atoms with E-state index in [-0.39, 0.29) is 29.5 Å². The predicted molar refractivity (Wildman–Crippen MR) is 219 cm³/mol. The molecule has 0 aliphatic carbocycles. The summed E-state index contributed by atoms with van der Waals surface area (Å²) in [7, 11) is 2.14. The fourth-order valence-corrected chi connectivity index (χ4v) is 9.34. The summed E-state index contributed by atoms with van der Waals surface area (Å²) in [4.78, 5) is 66.9. The summed E-state index contributed by atoms with van der Waals surface area (Å²) >= 11 is 1.28. The number of para-hydroxylation sites is 1. The first-order chi connectivity index (χ1) is 28.2. The van der Waals surface area contributed by atoms with Crippen molar-refractivity contribution in [3.8, 4) is 11.1 Å². The van der Waals surface area contributed by atoms with Gasteiger partial charge in [-0.05, 0) is 86.2 Å². The third-order valence-electron chi connectivity index (χ3n) is 11.9. The van der Waals surface area contributed by atoms with Gasteiger partial charge in [0.05, 0.1) is 18.6 Å². The lowest BCUT2D eigenvalue weighted by atomic mass is 9.98. The summed E-state index contributed by atoms with van der Waals surface area (Å²) < 4.78 is 17.9. The second-order valence-electron chi connectivity index (χ2n) is 15.5. The van der Waals surface area contributed by atoms with Gasteiger partial charge in [0.1, 0.15) is 11.9 Å². The maximum absolute atomic E-state index is 15.9. The van der Waals surface area contributed by atoms with Crippen LogP contribution in [0.15, 0.2) is 78.6 Å². The molecule has 2 atom stereocenters. The minimum atomic E-state index is -1.04. The molecule has 0 saturated carbocycles. The molecule has 4 aliphatic heterocycles. The van der Waals surface area contributed by atoms with Crippen LogP contribution in [0.5, 0.6) is 0 Å². The van der Waals surface area contributed by atoms with Crippen LogP contribution < -0.4 is 20.9 Å². The van der Waals surface area contributed by atoms with E-state index < -0.39 is 29.7 Å². The number of piperidine rings is 2. The first-order valence-electron chi connectivity index (χ1n) is 19.8. The maximum Gasteiger partial charge on any atom is 0.255 e. The fourth-order valence-electron chi connectivity index (χ4n) is 8.81. The van der Waals surface area contributed by atoms with E-state index in [2.05, 4.69) is 48.8 Å². The van der Waals surface area contributed by atoms with Crippen LogP contribution in [0.3, 0.4) is 0 Å². The number of imide groups is 1. The number of halogens is 1. The summed E-state index contributed by atoms with van der Waals surface area (Å²) in [6, 6.07) is 18.2. The van der Waals surface area contributed by atoms with E-state index in [0.717, 1.165) is 80.1 Å². The van der Waals surface area contributed by atoms with Crippen LogP contribution in [0.2, 0.25) is 0 Å². The van der Waals surface area contributed by atoms with Crippen LogP contribution in [0.4, 0.5) is 20.9 Å². The largest absolute Gasteiger partial charge is 0.373 e. The Balaban J connectivity index is 0.854. The minimum absolute atomic E-state index is 0.0433. The highest BCUT2D eigenvalue weighted by atomic mass is 32.1. The number of aryl methyl sites for hydroxylation is 1. The molecule has 2 unspecified atom stereocenters. The number of nitrogens with zero attached hydrogens (tertiary/aromatic N) is 6. The molecular formula is C43H44FN9O4S. The molecule has 5 aromatic rings. The molecule has 9 rings (SSSR count). The van der Waals surface area contributed by atoms with Gasteiger partial charge in [-0.25, -0.2) is 14.4 Å². The first-order valence-corrected chi connectivity index (χ1v) is 20.7. The molecule has 4 amide bonds. The average molecular weight is 802 g/mol. The van der Waals surface area contributed by atoms with Gasteiger partial charge < -0.3 is 19.7 Å². The highest BCUT2D eigenvalue weighted by Gasteiger charge is 2.42. The second-order valence-corrected chi connectivity index (χ2v) is 16.4. The Bertz CT molecular complexity index is 2370. The lowest BCUT2D eigenvalue weighted by molar-refractivity contribution is -0.133. The van der Waals surface area contributed by atoms with Crippen LogP contribution in [0.25, 0.3) is 11.1 Å². The van der Waals surface area contributed by atoms with Crippen molar-refractivity contribution in [2.45, 2.75) is 76.3 Å². The molecule has 298 valence electrons. The summed E-state index contributed by atoms with van der Waals surface area (Å²) in [5, 5.41) is 10.8. The number of nitrogens with one attached hydrogen (secondary N) is 3. The van der Waals surface area contributed by atoms with E-state index in [4.69, 9.17) is 0 Å². The number of benzene rings is 3. The van der Waals surface area contributed by atoms with E-state index in [0.29, 0.717) is 35.3 Å². The van der Waals surface area contributed by atoms with E-state index >= 15 is 4.39 Å². The van der Waals surface area contributed by atoms with E-state index in [9.17, 15) is 19.2 Å². The van der Waals surface area contributed by atoms with E-state index in [1.54, 1.807) is 24.0 Å². The van der Waals surface area contributed by atoms with Crippen molar-refractivity contribution in [2.75, 3.05) is 35.7 Å². The number of imidazole rings is 1. The average Bonchev–Trinajstić information content (AvgIpc) is 4.05. The number of hydrogen-bond acceptors (Lipinski definition) is 10. The van der Waals surface area contributed by atoms with Crippen molar-refractivity contribution in [1.82, 2.24) is 29.7 Å². The molecule has 0 bridgehead atoms. The summed E-state index contributed by atoms with van der Waals surface area (Å²) in [5.74, 6) is -1.83. The van der Waals surface area contributed by atoms with Gasteiger partial charge in [0.25, 0.3) is 11.8 Å². The number of fused-ring (bicyclic) bond motifs is 2. The molecule has 4 aliphatic rings. The van der Waals surface area contributed by atoms with Crippen molar-refractivity contribution in [2.24, 2.45) is 0 Å². The van der Waals surface area contributed by atoms with Gasteiger partial charge in [-0.1, -0.05) is 30.3 Å². The number of aromatic nitrogens is 3. The van der Waals surface area contributed by atoms with E-state index in [1.807, 2.05) is 47.0 Å². The molecular weight excluding hydrogens is 758 g/mol. The number of thiazole rings is 1. The molecule has 0 radical (unpaired) electrons. The fraction of sp³-hybridized carbons (Fsp3) is 0.349. The van der Waals surface area contributed by atoms with Crippen LogP contribution in [0, 0.1) is 5.82 Å². The monoisotopic (exact) mass is 801 g/mol. The zero-order valence-electron chi connectivity index (χ0n) is 32.1. The van der Waals surface area contributed by atoms with E-state index in [1.165, 1.54) is 22.3 Å². The Kier molecular flexibility index (Phi) is 10.2. The van der Waals surface area contributed by atoms with Gasteiger partial charge >= 0.3 is 0 Å². The smallest absolute Gasteiger partial charge is 0.255 e. The first kappa shape index (κ1) is 37.6. The van der Waals surface area contributed by atoms with Crippen molar-refractivity contribution in [3.63, 3.8) is 0 Å². The zero-order valence-corrected chi connectivity index (χ0v) is 32.9. The standard InChI is InChI=1S/C43H44FN9O4S/c1-50(23-27-5-2-3-6-34(27)47-35-12-13-37(54)48-40(35)55)29-14-18-51(19-15-29)30-10-8-26(9-11-30)28-21-31-32(33(44)22-28)24-53(42(31)57)39(41(56)49-43-45-16-20-58-43)38-36-7-4-17-52(36)25-46-38/h2-3,5-6,8-11,16,20-22,25,29,35,39,47H,4,7,12-15,17-19,23-24H2,1H3,(H,45,49,56)(H,48,54,55). The van der Waals surface area contributed by atoms with Gasteiger partial charge in [-0.15, -0.1) is 11.3 Å². The molecule has 0 spiro atoms. The number of rotatable bonds is 11. The molecule has 2 saturated heterocycles. The number of carbonyl (C=O) groups is 4. The van der Waals surface area contributed by atoms with Gasteiger partial charge in [0, 0.05) is 78.4 Å². The molecule has 13 nitrogen and oxygen atoms in total.